The summed E-state index contributed by atoms with van der Waals surface area (Å²) in [5.74, 6) is 0.907. The lowest BCUT2D eigenvalue weighted by molar-refractivity contribution is -0.571. The molecule has 2 aliphatic heterocycles. The summed E-state index contributed by atoms with van der Waals surface area (Å²) in [7, 11) is 0. The summed E-state index contributed by atoms with van der Waals surface area (Å²) >= 11 is 0. The number of fused-ring (bicyclic) bond motifs is 3. The van der Waals surface area contributed by atoms with Gasteiger partial charge in [-0.05, 0) is 134 Å². The van der Waals surface area contributed by atoms with Crippen LogP contribution >= 0.6 is 0 Å². The monoisotopic (exact) mass is 1020 g/mol. The van der Waals surface area contributed by atoms with E-state index >= 15 is 0 Å². The molecule has 0 bridgehead atoms. The maximum absolute atomic E-state index is 5.24. The quantitative estimate of drug-likeness (QED) is 0.0775. The summed E-state index contributed by atoms with van der Waals surface area (Å²) in [5, 5.41) is 0. The summed E-state index contributed by atoms with van der Waals surface area (Å²) < 4.78 is 4.51. The van der Waals surface area contributed by atoms with E-state index < -0.39 is 0 Å². The zero-order valence-corrected chi connectivity index (χ0v) is 44.6. The number of hydrogen-bond acceptors (Lipinski definition) is 5. The molecule has 10 aromatic carbocycles. The number of anilines is 8. The molecule has 376 valence electrons. The third-order valence-electron chi connectivity index (χ3n) is 16.0. The van der Waals surface area contributed by atoms with Crippen LogP contribution in [0.1, 0.15) is 22.3 Å². The van der Waals surface area contributed by atoms with Crippen molar-refractivity contribution in [2.24, 2.45) is 0 Å². The second-order valence-electron chi connectivity index (χ2n) is 20.7. The van der Waals surface area contributed by atoms with Gasteiger partial charge in [0.25, 0.3) is 6.33 Å². The number of rotatable bonds is 10. The Balaban J connectivity index is 0.997. The molecule has 0 atom stereocenters. The molecule has 12 aromatic rings. The van der Waals surface area contributed by atoms with Crippen molar-refractivity contribution in [2.75, 3.05) is 19.2 Å². The van der Waals surface area contributed by atoms with Crippen LogP contribution in [-0.2, 0) is 0 Å². The molecule has 0 fully saturated rings. The fourth-order valence-corrected chi connectivity index (χ4v) is 12.5. The Morgan fingerprint density at radius 1 is 0.367 bits per heavy atom. The molecule has 2 aliphatic rings. The molecule has 0 aliphatic carbocycles. The van der Waals surface area contributed by atoms with Gasteiger partial charge in [0, 0.05) is 28.9 Å². The number of para-hydroxylation sites is 5. The summed E-state index contributed by atoms with van der Waals surface area (Å²) in [6, 6.07) is 92.1. The Bertz CT molecular complexity index is 4150. The van der Waals surface area contributed by atoms with Gasteiger partial charge < -0.3 is 19.2 Å². The molecule has 0 saturated heterocycles. The first-order chi connectivity index (χ1) is 38.9. The van der Waals surface area contributed by atoms with Crippen molar-refractivity contribution in [2.45, 2.75) is 27.7 Å². The molecule has 0 saturated carbocycles. The Labute approximate surface area is 463 Å². The molecule has 0 amide bonds. The van der Waals surface area contributed by atoms with Crippen LogP contribution in [0.25, 0.3) is 44.7 Å². The van der Waals surface area contributed by atoms with Crippen molar-refractivity contribution in [3.05, 3.63) is 290 Å². The number of aromatic nitrogens is 3. The van der Waals surface area contributed by atoms with Crippen LogP contribution < -0.4 is 34.7 Å². The van der Waals surface area contributed by atoms with Gasteiger partial charge in [-0.15, -0.1) is 0 Å². The van der Waals surface area contributed by atoms with Gasteiger partial charge in [0.05, 0.1) is 39.5 Å². The van der Waals surface area contributed by atoms with E-state index in [0.29, 0.717) is 0 Å². The Kier molecular flexibility index (Phi) is 11.8. The smallest absolute Gasteiger partial charge is 0.360 e. The van der Waals surface area contributed by atoms with E-state index in [1.807, 2.05) is 6.20 Å². The zero-order chi connectivity index (χ0) is 53.1. The number of imidazole rings is 1. The second-order valence-corrected chi connectivity index (χ2v) is 20.7. The molecular formula is C70H55B2N7. The predicted molar refractivity (Wildman–Crippen MR) is 329 cm³/mol. The van der Waals surface area contributed by atoms with E-state index in [1.165, 1.54) is 33.2 Å². The van der Waals surface area contributed by atoms with Crippen molar-refractivity contribution in [1.29, 1.82) is 0 Å². The van der Waals surface area contributed by atoms with E-state index in [0.717, 1.165) is 90.3 Å². The highest BCUT2D eigenvalue weighted by molar-refractivity contribution is 6.86. The minimum absolute atomic E-state index is 0.233. The van der Waals surface area contributed by atoms with E-state index in [2.05, 4.69) is 317 Å². The topological polar surface area (TPSA) is 34.7 Å². The van der Waals surface area contributed by atoms with E-state index in [-0.39, 0.29) is 14.0 Å². The van der Waals surface area contributed by atoms with Gasteiger partial charge in [0.15, 0.2) is 0 Å². The number of aryl methyl sites for hydroxylation is 4. The maximum atomic E-state index is 5.24. The van der Waals surface area contributed by atoms with Gasteiger partial charge in [-0.1, -0.05) is 204 Å². The lowest BCUT2D eigenvalue weighted by atomic mass is 9.61. The fourth-order valence-electron chi connectivity index (χ4n) is 12.5. The molecule has 7 nitrogen and oxygen atoms in total. The number of benzene rings is 10. The Hall–Kier alpha value is -9.85. The summed E-state index contributed by atoms with van der Waals surface area (Å²) in [6.07, 6.45) is 5.89. The Morgan fingerprint density at radius 2 is 0.835 bits per heavy atom. The van der Waals surface area contributed by atoms with Crippen LogP contribution in [0, 0.1) is 34.0 Å². The number of hydrogen-bond donors (Lipinski definition) is 0. The van der Waals surface area contributed by atoms with E-state index in [9.17, 15) is 0 Å². The molecule has 0 spiro atoms. The molecule has 9 heteroatoms. The van der Waals surface area contributed by atoms with Crippen LogP contribution in [0.4, 0.5) is 45.6 Å². The average Bonchev–Trinajstić information content (AvgIpc) is 4.38. The molecule has 0 radical (unpaired) electrons. The normalized spacial score (nSPS) is 12.9. The molecular weight excluding hydrogens is 960 g/mol. The first-order valence-corrected chi connectivity index (χ1v) is 27.2. The van der Waals surface area contributed by atoms with E-state index in [1.54, 1.807) is 0 Å². The van der Waals surface area contributed by atoms with Gasteiger partial charge >= 0.3 is 14.0 Å². The summed E-state index contributed by atoms with van der Waals surface area (Å²) in [5.41, 5.74) is 23.7. The van der Waals surface area contributed by atoms with Crippen LogP contribution in [0.2, 0.25) is 0 Å². The first kappa shape index (κ1) is 47.6. The fraction of sp³-hybridized carbons (Fsp3) is 0.0571. The lowest BCUT2D eigenvalue weighted by Crippen LogP contribution is -2.55. The number of pyridine rings is 1. The van der Waals surface area contributed by atoms with Crippen molar-refractivity contribution < 1.29 is 4.57 Å². The summed E-state index contributed by atoms with van der Waals surface area (Å²) in [4.78, 5) is 15.3. The highest BCUT2D eigenvalue weighted by atomic mass is 15.3. The second kappa shape index (κ2) is 19.6. The standard InChI is InChI=1S/C70H55B2N7/c1-49-24-19-25-50(2)67(49)71-76(55-32-13-7-14-33-55)64-44-43-59(79-70-65(42-23-45-73-70)77(56-34-15-8-16-35-56)72(79)68-51(3)26-20-27-52(68)4)47-66(64)78(71)58-37-21-36-57(46-58)74-48-75(63-41-18-17-40-62(63)74)69-60(53-28-9-5-10-29-53)38-22-39-61(69)54-30-11-6-12-31-54/h5-47H,1-4H3. The third kappa shape index (κ3) is 7.99. The minimum Gasteiger partial charge on any atom is -0.360 e. The van der Waals surface area contributed by atoms with Gasteiger partial charge in [-0.3, -0.25) is 9.13 Å². The van der Waals surface area contributed by atoms with E-state index in [4.69, 9.17) is 4.98 Å². The van der Waals surface area contributed by atoms with Crippen LogP contribution in [0.5, 0.6) is 0 Å². The maximum Gasteiger partial charge on any atom is 0.422 e. The molecule has 2 aromatic heterocycles. The molecule has 0 unspecified atom stereocenters. The van der Waals surface area contributed by atoms with Crippen molar-refractivity contribution >= 4 is 81.6 Å². The average molecular weight is 1020 g/mol. The van der Waals surface area contributed by atoms with Crippen LogP contribution in [-0.4, -0.2) is 23.5 Å². The van der Waals surface area contributed by atoms with Gasteiger partial charge in [0.1, 0.15) is 5.82 Å². The van der Waals surface area contributed by atoms with Gasteiger partial charge in [0.2, 0.25) is 0 Å². The minimum atomic E-state index is -0.259. The SMILES string of the molecule is Cc1cccc(C)c1B1N(c2ccccc2)c2ccc(N3B(c4c(C)cccc4C)N(c4ccccc4)c4cccnc43)cc2N1c1cccc(-n2[c-][n+](-c3c(-c4ccccc4)cccc3-c3ccccc3)c3ccccc32)c1. The van der Waals surface area contributed by atoms with Gasteiger partial charge in [-0.2, -0.15) is 0 Å². The third-order valence-corrected chi connectivity index (χ3v) is 16.0. The van der Waals surface area contributed by atoms with Crippen molar-refractivity contribution in [1.82, 2.24) is 9.55 Å². The molecule has 0 N–H and O–H groups in total. The molecule has 79 heavy (non-hydrogen) atoms. The molecule has 4 heterocycles. The highest BCUT2D eigenvalue weighted by Gasteiger charge is 2.49. The lowest BCUT2D eigenvalue weighted by Gasteiger charge is -2.33. The van der Waals surface area contributed by atoms with Gasteiger partial charge in [-0.25, -0.2) is 4.98 Å². The van der Waals surface area contributed by atoms with Crippen LogP contribution in [0.3, 0.4) is 0 Å². The van der Waals surface area contributed by atoms with Crippen LogP contribution in [0.15, 0.2) is 261 Å². The zero-order valence-electron chi connectivity index (χ0n) is 44.6. The number of nitrogens with zero attached hydrogens (tertiary/aromatic N) is 7. The highest BCUT2D eigenvalue weighted by Crippen LogP contribution is 2.52. The largest absolute Gasteiger partial charge is 0.422 e. The van der Waals surface area contributed by atoms with Crippen molar-refractivity contribution in [3.8, 4) is 33.6 Å². The predicted octanol–water partition coefficient (Wildman–Crippen LogP) is 15.0. The summed E-state index contributed by atoms with van der Waals surface area (Å²) in [6.45, 7) is 8.49. The molecule has 14 rings (SSSR count). The Morgan fingerprint density at radius 3 is 1.44 bits per heavy atom. The first-order valence-electron chi connectivity index (χ1n) is 27.2. The van der Waals surface area contributed by atoms with Crippen molar-refractivity contribution in [3.63, 3.8) is 0 Å².